The van der Waals surface area contributed by atoms with E-state index in [1.807, 2.05) is 6.07 Å². The number of fused-ring (bicyclic) bond motifs is 1. The molecule has 4 N–H and O–H groups in total. The first kappa shape index (κ1) is 19.4. The molecule has 1 saturated carbocycles. The molecular weight excluding hydrogens is 369 g/mol. The highest BCUT2D eigenvalue weighted by molar-refractivity contribution is 5.82. The first-order valence-electron chi connectivity index (χ1n) is 11.2. The second-order valence-electron chi connectivity index (χ2n) is 9.20. The number of amides is 1. The summed E-state index contributed by atoms with van der Waals surface area (Å²) < 4.78 is 13.7. The molecule has 29 heavy (non-hydrogen) atoms. The molecule has 1 aromatic carbocycles. The summed E-state index contributed by atoms with van der Waals surface area (Å²) in [6.45, 7) is 2.44. The molecule has 0 bridgehead atoms. The van der Waals surface area contributed by atoms with Crippen LogP contribution in [0, 0.1) is 17.7 Å². The highest BCUT2D eigenvalue weighted by Gasteiger charge is 2.44. The van der Waals surface area contributed by atoms with Gasteiger partial charge in [-0.05, 0) is 49.3 Å². The minimum atomic E-state index is -0.174. The van der Waals surface area contributed by atoms with E-state index in [1.54, 1.807) is 12.1 Å². The van der Waals surface area contributed by atoms with Crippen molar-refractivity contribution in [3.05, 3.63) is 35.6 Å². The highest BCUT2D eigenvalue weighted by atomic mass is 19.1. The number of benzene rings is 1. The maximum absolute atomic E-state index is 13.7. The molecule has 0 aromatic heterocycles. The Kier molecular flexibility index (Phi) is 5.56. The lowest BCUT2D eigenvalue weighted by Crippen LogP contribution is -2.52. The number of nitrogens with one attached hydrogen (secondary N) is 4. The van der Waals surface area contributed by atoms with E-state index < -0.39 is 0 Å². The summed E-state index contributed by atoms with van der Waals surface area (Å²) in [5.74, 6) is 1.28. The van der Waals surface area contributed by atoms with Crippen molar-refractivity contribution >= 4 is 5.91 Å². The van der Waals surface area contributed by atoms with Gasteiger partial charge in [-0.3, -0.25) is 21.1 Å². The summed E-state index contributed by atoms with van der Waals surface area (Å²) in [5, 5.41) is 0. The molecule has 5 rings (SSSR count). The van der Waals surface area contributed by atoms with Crippen LogP contribution in [-0.2, 0) is 4.79 Å². The van der Waals surface area contributed by atoms with Crippen molar-refractivity contribution < 1.29 is 9.18 Å². The molecule has 4 fully saturated rings. The molecule has 158 valence electrons. The van der Waals surface area contributed by atoms with Crippen LogP contribution in [0.2, 0.25) is 0 Å². The van der Waals surface area contributed by atoms with Gasteiger partial charge in [-0.25, -0.2) is 9.82 Å². The number of likely N-dealkylation sites (tertiary alicyclic amines) is 1. The molecule has 3 aliphatic heterocycles. The number of rotatable bonds is 3. The van der Waals surface area contributed by atoms with Crippen LogP contribution in [0.3, 0.4) is 0 Å². The van der Waals surface area contributed by atoms with Gasteiger partial charge in [-0.15, -0.1) is 0 Å². The van der Waals surface area contributed by atoms with E-state index >= 15 is 0 Å². The second kappa shape index (κ2) is 8.30. The Balaban J connectivity index is 1.20. The van der Waals surface area contributed by atoms with Gasteiger partial charge in [-0.2, -0.15) is 0 Å². The van der Waals surface area contributed by atoms with Gasteiger partial charge < -0.3 is 4.90 Å². The molecule has 1 amide bonds. The van der Waals surface area contributed by atoms with Crippen LogP contribution in [0.5, 0.6) is 0 Å². The molecule has 0 spiro atoms. The lowest BCUT2D eigenvalue weighted by atomic mass is 9.79. The van der Waals surface area contributed by atoms with Gasteiger partial charge in [0.05, 0.1) is 0 Å². The van der Waals surface area contributed by atoms with Crippen molar-refractivity contribution in [3.63, 3.8) is 0 Å². The predicted molar refractivity (Wildman–Crippen MR) is 109 cm³/mol. The number of hydrogen-bond donors (Lipinski definition) is 4. The van der Waals surface area contributed by atoms with Crippen LogP contribution < -0.4 is 21.7 Å². The van der Waals surface area contributed by atoms with E-state index in [4.69, 9.17) is 0 Å². The zero-order valence-corrected chi connectivity index (χ0v) is 16.9. The van der Waals surface area contributed by atoms with Gasteiger partial charge >= 0.3 is 0 Å². The van der Waals surface area contributed by atoms with Crippen molar-refractivity contribution in [1.82, 2.24) is 26.6 Å². The normalized spacial score (nSPS) is 35.6. The van der Waals surface area contributed by atoms with E-state index in [2.05, 4.69) is 26.6 Å². The number of hydrogen-bond acceptors (Lipinski definition) is 5. The molecule has 5 atom stereocenters. The van der Waals surface area contributed by atoms with Gasteiger partial charge in [0.1, 0.15) is 11.9 Å². The van der Waals surface area contributed by atoms with Crippen molar-refractivity contribution in [3.8, 4) is 0 Å². The van der Waals surface area contributed by atoms with Crippen molar-refractivity contribution in [2.75, 3.05) is 19.6 Å². The lowest BCUT2D eigenvalue weighted by molar-refractivity contribution is -0.135. The van der Waals surface area contributed by atoms with Gasteiger partial charge in [0.15, 0.2) is 0 Å². The van der Waals surface area contributed by atoms with Crippen LogP contribution in [0.15, 0.2) is 24.3 Å². The Morgan fingerprint density at radius 2 is 1.86 bits per heavy atom. The standard InChI is InChI=1S/C22H32FN5O/c23-16-5-3-4-15(12-16)18-13-24-26-20(18)14-8-10-28(11-9-14)22(29)21-17-6-1-2-7-19(17)25-27-21/h3-5,12,14,17-21,24-27H,1-2,6-11,13H2. The summed E-state index contributed by atoms with van der Waals surface area (Å²) >= 11 is 0. The van der Waals surface area contributed by atoms with Crippen LogP contribution in [0.25, 0.3) is 0 Å². The average Bonchev–Trinajstić information content (AvgIpc) is 3.41. The largest absolute Gasteiger partial charge is 0.341 e. The Hall–Kier alpha value is -1.54. The van der Waals surface area contributed by atoms with E-state index in [0.29, 0.717) is 17.9 Å². The SMILES string of the molecule is O=C(C1NNC2CCCCC21)N1CCC(C2NNCC2c2cccc(F)c2)CC1. The van der Waals surface area contributed by atoms with Crippen molar-refractivity contribution in [2.24, 2.45) is 11.8 Å². The first-order valence-corrected chi connectivity index (χ1v) is 11.2. The van der Waals surface area contributed by atoms with Gasteiger partial charge in [0, 0.05) is 43.6 Å². The van der Waals surface area contributed by atoms with Crippen LogP contribution in [-0.4, -0.2) is 48.6 Å². The molecule has 3 heterocycles. The van der Waals surface area contributed by atoms with Crippen LogP contribution in [0.1, 0.15) is 50.0 Å². The highest BCUT2D eigenvalue weighted by Crippen LogP contribution is 2.34. The van der Waals surface area contributed by atoms with E-state index in [9.17, 15) is 9.18 Å². The van der Waals surface area contributed by atoms with E-state index in [0.717, 1.165) is 44.5 Å². The fraction of sp³-hybridized carbons (Fsp3) is 0.682. The van der Waals surface area contributed by atoms with E-state index in [-0.39, 0.29) is 29.7 Å². The predicted octanol–water partition coefficient (Wildman–Crippen LogP) is 1.66. The lowest BCUT2D eigenvalue weighted by Gasteiger charge is -2.38. The van der Waals surface area contributed by atoms with Crippen LogP contribution in [0.4, 0.5) is 4.39 Å². The third-order valence-corrected chi connectivity index (χ3v) is 7.60. The minimum absolute atomic E-state index is 0.0665. The molecule has 0 radical (unpaired) electrons. The Morgan fingerprint density at radius 1 is 1.03 bits per heavy atom. The molecule has 7 heteroatoms. The third-order valence-electron chi connectivity index (χ3n) is 7.60. The number of piperidine rings is 1. The summed E-state index contributed by atoms with van der Waals surface area (Å²) in [6, 6.07) is 7.64. The molecule has 5 unspecified atom stereocenters. The van der Waals surface area contributed by atoms with Gasteiger partial charge in [0.25, 0.3) is 0 Å². The molecule has 1 aliphatic carbocycles. The summed E-state index contributed by atoms with van der Waals surface area (Å²) in [4.78, 5) is 15.2. The summed E-state index contributed by atoms with van der Waals surface area (Å²) in [7, 11) is 0. The number of nitrogens with zero attached hydrogens (tertiary/aromatic N) is 1. The minimum Gasteiger partial charge on any atom is -0.341 e. The fourth-order valence-corrected chi connectivity index (χ4v) is 5.99. The summed E-state index contributed by atoms with van der Waals surface area (Å²) in [6.07, 6.45) is 6.79. The van der Waals surface area contributed by atoms with Gasteiger partial charge in [0.2, 0.25) is 5.91 Å². The first-order chi connectivity index (χ1) is 14.2. The van der Waals surface area contributed by atoms with Gasteiger partial charge in [-0.1, -0.05) is 25.0 Å². The fourth-order valence-electron chi connectivity index (χ4n) is 5.99. The topological polar surface area (TPSA) is 68.4 Å². The second-order valence-corrected chi connectivity index (χ2v) is 9.20. The average molecular weight is 402 g/mol. The zero-order valence-electron chi connectivity index (χ0n) is 16.9. The third kappa shape index (κ3) is 3.81. The van der Waals surface area contributed by atoms with E-state index in [1.165, 1.54) is 25.3 Å². The monoisotopic (exact) mass is 401 g/mol. The molecule has 1 aromatic rings. The van der Waals surface area contributed by atoms with Crippen molar-refractivity contribution in [1.29, 1.82) is 0 Å². The van der Waals surface area contributed by atoms with Crippen LogP contribution >= 0.6 is 0 Å². The smallest absolute Gasteiger partial charge is 0.241 e. The maximum atomic E-state index is 13.7. The van der Waals surface area contributed by atoms with Crippen molar-refractivity contribution in [2.45, 2.75) is 62.6 Å². The Morgan fingerprint density at radius 3 is 2.69 bits per heavy atom. The quantitative estimate of drug-likeness (QED) is 0.620. The number of halogens is 1. The molecular formula is C22H32FN5O. The summed E-state index contributed by atoms with van der Waals surface area (Å²) in [5.41, 5.74) is 14.4. The maximum Gasteiger partial charge on any atom is 0.241 e. The molecule has 4 aliphatic rings. The number of carbonyl (C=O) groups is 1. The molecule has 6 nitrogen and oxygen atoms in total. The number of carbonyl (C=O) groups excluding carboxylic acids is 1. The number of hydrazine groups is 2. The Bertz CT molecular complexity index is 738. The molecule has 3 saturated heterocycles. The Labute approximate surface area is 171 Å². The zero-order chi connectivity index (χ0) is 19.8.